The van der Waals surface area contributed by atoms with E-state index in [-0.39, 0.29) is 11.9 Å². The highest BCUT2D eigenvalue weighted by molar-refractivity contribution is 9.10. The summed E-state index contributed by atoms with van der Waals surface area (Å²) in [5, 5.41) is 0. The monoisotopic (exact) mass is 300 g/mol. The molecule has 3 heteroatoms. The second-order valence-electron chi connectivity index (χ2n) is 5.08. The average molecular weight is 301 g/mol. The smallest absolute Gasteiger partial charge is 0.134 e. The standard InChI is InChI=1S/C14H18BrFO/c1-9-3-5-12(7-10(9)2)17-14-6-4-11(16)8-13(14)15/h4,6,8-10,12H,3,5,7H2,1-2H3. The molecule has 0 N–H and O–H groups in total. The first-order valence-electron chi connectivity index (χ1n) is 6.18. The van der Waals surface area contributed by atoms with Crippen molar-refractivity contribution in [1.82, 2.24) is 0 Å². The molecule has 17 heavy (non-hydrogen) atoms. The molecule has 0 aliphatic heterocycles. The van der Waals surface area contributed by atoms with Crippen molar-refractivity contribution in [2.24, 2.45) is 11.8 Å². The molecule has 0 aromatic heterocycles. The molecule has 1 nitrogen and oxygen atoms in total. The minimum atomic E-state index is -0.241. The van der Waals surface area contributed by atoms with Crippen LogP contribution in [0.2, 0.25) is 0 Å². The third kappa shape index (κ3) is 3.21. The van der Waals surface area contributed by atoms with E-state index >= 15 is 0 Å². The largest absolute Gasteiger partial charge is 0.489 e. The lowest BCUT2D eigenvalue weighted by Gasteiger charge is -2.32. The zero-order valence-corrected chi connectivity index (χ0v) is 11.8. The highest BCUT2D eigenvalue weighted by Crippen LogP contribution is 2.34. The first-order chi connectivity index (χ1) is 8.06. The zero-order valence-electron chi connectivity index (χ0n) is 10.2. The summed E-state index contributed by atoms with van der Waals surface area (Å²) in [6.07, 6.45) is 3.66. The quantitative estimate of drug-likeness (QED) is 0.763. The van der Waals surface area contributed by atoms with Crippen LogP contribution in [0.4, 0.5) is 4.39 Å². The van der Waals surface area contributed by atoms with Gasteiger partial charge in [-0.3, -0.25) is 0 Å². The number of halogens is 2. The van der Waals surface area contributed by atoms with E-state index in [1.165, 1.54) is 18.6 Å². The maximum Gasteiger partial charge on any atom is 0.134 e. The summed E-state index contributed by atoms with van der Waals surface area (Å²) in [7, 11) is 0. The van der Waals surface area contributed by atoms with E-state index in [0.29, 0.717) is 10.4 Å². The van der Waals surface area contributed by atoms with Gasteiger partial charge in [-0.2, -0.15) is 0 Å². The van der Waals surface area contributed by atoms with Gasteiger partial charge in [0, 0.05) is 0 Å². The van der Waals surface area contributed by atoms with E-state index in [1.54, 1.807) is 6.07 Å². The second kappa shape index (κ2) is 5.38. The molecule has 1 saturated carbocycles. The fraction of sp³-hybridized carbons (Fsp3) is 0.571. The molecule has 0 spiro atoms. The summed E-state index contributed by atoms with van der Waals surface area (Å²) < 4.78 is 19.6. The Kier molecular flexibility index (Phi) is 4.08. The minimum absolute atomic E-state index is 0.241. The van der Waals surface area contributed by atoms with Gasteiger partial charge < -0.3 is 4.74 Å². The van der Waals surface area contributed by atoms with E-state index in [9.17, 15) is 4.39 Å². The van der Waals surface area contributed by atoms with Crippen molar-refractivity contribution in [2.45, 2.75) is 39.2 Å². The van der Waals surface area contributed by atoms with Crippen molar-refractivity contribution in [3.8, 4) is 5.75 Å². The van der Waals surface area contributed by atoms with Crippen molar-refractivity contribution < 1.29 is 9.13 Å². The molecule has 94 valence electrons. The zero-order chi connectivity index (χ0) is 12.4. The van der Waals surface area contributed by atoms with Gasteiger partial charge in [-0.25, -0.2) is 4.39 Å². The normalized spacial score (nSPS) is 29.1. The van der Waals surface area contributed by atoms with Crippen molar-refractivity contribution in [2.75, 3.05) is 0 Å². The van der Waals surface area contributed by atoms with Gasteiger partial charge in [0.05, 0.1) is 10.6 Å². The second-order valence-corrected chi connectivity index (χ2v) is 5.94. The van der Waals surface area contributed by atoms with Crippen molar-refractivity contribution in [3.05, 3.63) is 28.5 Å². The highest BCUT2D eigenvalue weighted by Gasteiger charge is 2.26. The summed E-state index contributed by atoms with van der Waals surface area (Å²) in [4.78, 5) is 0. The predicted octanol–water partition coefficient (Wildman–Crippen LogP) is 4.79. The summed E-state index contributed by atoms with van der Waals surface area (Å²) in [6.45, 7) is 4.58. The molecule has 0 saturated heterocycles. The van der Waals surface area contributed by atoms with E-state index in [4.69, 9.17) is 4.74 Å². The van der Waals surface area contributed by atoms with Gasteiger partial charge in [0.15, 0.2) is 0 Å². The molecule has 0 radical (unpaired) electrons. The van der Waals surface area contributed by atoms with Crippen LogP contribution in [0.15, 0.2) is 22.7 Å². The molecule has 1 aliphatic rings. The lowest BCUT2D eigenvalue weighted by molar-refractivity contribution is 0.0998. The fourth-order valence-corrected chi connectivity index (χ4v) is 2.80. The average Bonchev–Trinajstić information content (AvgIpc) is 2.27. The van der Waals surface area contributed by atoms with Crippen LogP contribution >= 0.6 is 15.9 Å². The Hall–Kier alpha value is -0.570. The van der Waals surface area contributed by atoms with Gasteiger partial charge in [-0.1, -0.05) is 13.8 Å². The summed E-state index contributed by atoms with van der Waals surface area (Å²) in [5.74, 6) is 1.99. The van der Waals surface area contributed by atoms with Crippen LogP contribution in [0.25, 0.3) is 0 Å². The lowest BCUT2D eigenvalue weighted by Crippen LogP contribution is -2.28. The Morgan fingerprint density at radius 1 is 1.24 bits per heavy atom. The molecule has 1 aromatic carbocycles. The highest BCUT2D eigenvalue weighted by atomic mass is 79.9. The maximum atomic E-state index is 13.0. The summed E-state index contributed by atoms with van der Waals surface area (Å²) in [6, 6.07) is 4.58. The minimum Gasteiger partial charge on any atom is -0.489 e. The molecule has 1 aliphatic carbocycles. The fourth-order valence-electron chi connectivity index (χ4n) is 2.36. The Balaban J connectivity index is 2.01. The summed E-state index contributed by atoms with van der Waals surface area (Å²) >= 11 is 3.34. The molecule has 1 fully saturated rings. The Bertz CT molecular complexity index is 394. The van der Waals surface area contributed by atoms with E-state index < -0.39 is 0 Å². The van der Waals surface area contributed by atoms with Crippen LogP contribution in [0.5, 0.6) is 5.75 Å². The number of benzene rings is 1. The van der Waals surface area contributed by atoms with Crippen molar-refractivity contribution >= 4 is 15.9 Å². The molecule has 0 bridgehead atoms. The number of rotatable bonds is 2. The van der Waals surface area contributed by atoms with Crippen LogP contribution in [-0.2, 0) is 0 Å². The molecule has 1 aromatic rings. The van der Waals surface area contributed by atoms with Gasteiger partial charge in [0.25, 0.3) is 0 Å². The van der Waals surface area contributed by atoms with Crippen LogP contribution in [0.1, 0.15) is 33.1 Å². The van der Waals surface area contributed by atoms with Crippen LogP contribution in [-0.4, -0.2) is 6.10 Å². The lowest BCUT2D eigenvalue weighted by atomic mass is 9.80. The van der Waals surface area contributed by atoms with Crippen LogP contribution in [0, 0.1) is 17.7 Å². The predicted molar refractivity (Wildman–Crippen MR) is 70.7 cm³/mol. The Morgan fingerprint density at radius 3 is 2.65 bits per heavy atom. The summed E-state index contributed by atoms with van der Waals surface area (Å²) in [5.41, 5.74) is 0. The first-order valence-corrected chi connectivity index (χ1v) is 6.97. The molecule has 3 unspecified atom stereocenters. The number of hydrogen-bond acceptors (Lipinski definition) is 1. The molecule has 3 atom stereocenters. The molecular formula is C14H18BrFO. The number of hydrogen-bond donors (Lipinski definition) is 0. The first kappa shape index (κ1) is 12.9. The van der Waals surface area contributed by atoms with Gasteiger partial charge in [0.1, 0.15) is 11.6 Å². The van der Waals surface area contributed by atoms with Gasteiger partial charge >= 0.3 is 0 Å². The molecule has 0 amide bonds. The van der Waals surface area contributed by atoms with E-state index in [1.807, 2.05) is 0 Å². The Morgan fingerprint density at radius 2 is 2.00 bits per heavy atom. The topological polar surface area (TPSA) is 9.23 Å². The molecule has 0 heterocycles. The SMILES string of the molecule is CC1CCC(Oc2ccc(F)cc2Br)CC1C. The Labute approximate surface area is 110 Å². The molecule has 2 rings (SSSR count). The van der Waals surface area contributed by atoms with Gasteiger partial charge in [-0.15, -0.1) is 0 Å². The van der Waals surface area contributed by atoms with Crippen molar-refractivity contribution in [1.29, 1.82) is 0 Å². The van der Waals surface area contributed by atoms with Crippen LogP contribution in [0.3, 0.4) is 0 Å². The number of ether oxygens (including phenoxy) is 1. The van der Waals surface area contributed by atoms with Crippen LogP contribution < -0.4 is 4.74 Å². The van der Waals surface area contributed by atoms with E-state index in [2.05, 4.69) is 29.8 Å². The van der Waals surface area contributed by atoms with Crippen molar-refractivity contribution in [3.63, 3.8) is 0 Å². The third-order valence-corrected chi connectivity index (χ3v) is 4.36. The van der Waals surface area contributed by atoms with Gasteiger partial charge in [0.2, 0.25) is 0 Å². The maximum absolute atomic E-state index is 13.0. The molecular weight excluding hydrogens is 283 g/mol. The van der Waals surface area contributed by atoms with E-state index in [0.717, 1.165) is 24.5 Å². The third-order valence-electron chi connectivity index (χ3n) is 3.74. The van der Waals surface area contributed by atoms with Gasteiger partial charge in [-0.05, 0) is 65.2 Å².